The quantitative estimate of drug-likeness (QED) is 0.743. The summed E-state index contributed by atoms with van der Waals surface area (Å²) >= 11 is 0. The molecule has 1 aromatic rings. The van der Waals surface area contributed by atoms with Crippen LogP contribution in [-0.2, 0) is 4.65 Å². The van der Waals surface area contributed by atoms with Gasteiger partial charge in [0.05, 0.1) is 0 Å². The predicted molar refractivity (Wildman–Crippen MR) is 56.3 cm³/mol. The highest BCUT2D eigenvalue weighted by molar-refractivity contribution is 6.35. The van der Waals surface area contributed by atoms with Gasteiger partial charge in [0.1, 0.15) is 5.75 Å². The van der Waals surface area contributed by atoms with Crippen LogP contribution in [0.4, 0.5) is 0 Å². The predicted octanol–water partition coefficient (Wildman–Crippen LogP) is 1.61. The lowest BCUT2D eigenvalue weighted by atomic mass is 10.0. The molecule has 0 saturated heterocycles. The zero-order valence-corrected chi connectivity index (χ0v) is 9.00. The van der Waals surface area contributed by atoms with E-state index in [2.05, 4.69) is 4.65 Å². The van der Waals surface area contributed by atoms with Crippen LogP contribution >= 0.6 is 0 Å². The van der Waals surface area contributed by atoms with E-state index in [-0.39, 0.29) is 0 Å². The van der Waals surface area contributed by atoms with Crippen molar-refractivity contribution in [2.45, 2.75) is 20.8 Å². The van der Waals surface area contributed by atoms with Gasteiger partial charge in [-0.15, -0.1) is 0 Å². The minimum absolute atomic E-state index is 0.655. The van der Waals surface area contributed by atoms with E-state index in [0.717, 1.165) is 5.56 Å². The smallest absolute Gasteiger partial charge is 0.512 e. The van der Waals surface area contributed by atoms with E-state index in [0.29, 0.717) is 5.75 Å². The van der Waals surface area contributed by atoms with Crippen LogP contribution in [0.25, 0.3) is 0 Å². The zero-order valence-electron chi connectivity index (χ0n) is 9.00. The number of aryl methyl sites for hydroxylation is 1. The van der Waals surface area contributed by atoms with Gasteiger partial charge in [0, 0.05) is 7.11 Å². The SMILES string of the molecule is COB(O)Oc1ccc(C)c(C)c1C. The van der Waals surface area contributed by atoms with Crippen molar-refractivity contribution in [3.8, 4) is 5.75 Å². The molecule has 3 nitrogen and oxygen atoms in total. The number of hydrogen-bond donors (Lipinski definition) is 1. The Morgan fingerprint density at radius 1 is 1.14 bits per heavy atom. The summed E-state index contributed by atoms with van der Waals surface area (Å²) in [5.74, 6) is 0.655. The molecular weight excluding hydrogens is 179 g/mol. The first-order chi connectivity index (χ1) is 6.56. The average Bonchev–Trinajstić information content (AvgIpc) is 2.19. The normalized spacial score (nSPS) is 10.1. The van der Waals surface area contributed by atoms with Gasteiger partial charge in [-0.2, -0.15) is 0 Å². The largest absolute Gasteiger partial charge is 0.710 e. The molecule has 0 aliphatic carbocycles. The first-order valence-electron chi connectivity index (χ1n) is 4.50. The second-order valence-electron chi connectivity index (χ2n) is 3.29. The lowest BCUT2D eigenvalue weighted by Gasteiger charge is -2.13. The molecule has 0 bridgehead atoms. The molecule has 14 heavy (non-hydrogen) atoms. The molecule has 76 valence electrons. The van der Waals surface area contributed by atoms with Crippen molar-refractivity contribution in [1.29, 1.82) is 0 Å². The molecule has 0 fully saturated rings. The summed E-state index contributed by atoms with van der Waals surface area (Å²) in [6, 6.07) is 3.79. The van der Waals surface area contributed by atoms with Crippen molar-refractivity contribution in [1.82, 2.24) is 0 Å². The van der Waals surface area contributed by atoms with Gasteiger partial charge < -0.3 is 14.3 Å². The van der Waals surface area contributed by atoms with Gasteiger partial charge in [0.2, 0.25) is 0 Å². The maximum Gasteiger partial charge on any atom is 0.710 e. The van der Waals surface area contributed by atoms with Gasteiger partial charge >= 0.3 is 7.32 Å². The fraction of sp³-hybridized carbons (Fsp3) is 0.400. The highest BCUT2D eigenvalue weighted by atomic mass is 16.7. The number of benzene rings is 1. The van der Waals surface area contributed by atoms with Gasteiger partial charge in [-0.05, 0) is 43.5 Å². The van der Waals surface area contributed by atoms with Gasteiger partial charge in [-0.25, -0.2) is 0 Å². The molecule has 0 spiro atoms. The van der Waals surface area contributed by atoms with Crippen LogP contribution in [-0.4, -0.2) is 19.5 Å². The Balaban J connectivity index is 2.94. The highest BCUT2D eigenvalue weighted by Gasteiger charge is 2.17. The third-order valence-corrected chi connectivity index (χ3v) is 2.44. The fourth-order valence-electron chi connectivity index (χ4n) is 1.22. The van der Waals surface area contributed by atoms with Crippen molar-refractivity contribution in [3.05, 3.63) is 28.8 Å². The maximum atomic E-state index is 9.15. The second kappa shape index (κ2) is 4.48. The summed E-state index contributed by atoms with van der Waals surface area (Å²) in [6.45, 7) is 6.02. The Bertz CT molecular complexity index is 325. The molecule has 0 saturated carbocycles. The third kappa shape index (κ3) is 2.27. The van der Waals surface area contributed by atoms with Crippen molar-refractivity contribution in [3.63, 3.8) is 0 Å². The van der Waals surface area contributed by atoms with E-state index in [9.17, 15) is 0 Å². The van der Waals surface area contributed by atoms with Crippen LogP contribution in [0.2, 0.25) is 0 Å². The van der Waals surface area contributed by atoms with E-state index in [1.165, 1.54) is 18.2 Å². The molecule has 0 heterocycles. The van der Waals surface area contributed by atoms with E-state index >= 15 is 0 Å². The molecule has 0 unspecified atom stereocenters. The summed E-state index contributed by atoms with van der Waals surface area (Å²) in [4.78, 5) is 0. The topological polar surface area (TPSA) is 38.7 Å². The summed E-state index contributed by atoms with van der Waals surface area (Å²) in [5, 5.41) is 9.15. The molecule has 1 N–H and O–H groups in total. The highest BCUT2D eigenvalue weighted by Crippen LogP contribution is 2.23. The molecule has 4 heteroatoms. The molecule has 0 aromatic heterocycles. The fourth-order valence-corrected chi connectivity index (χ4v) is 1.22. The monoisotopic (exact) mass is 194 g/mol. The van der Waals surface area contributed by atoms with Gasteiger partial charge in [0.25, 0.3) is 0 Å². The standard InChI is InChI=1S/C10H15BO3/c1-7-5-6-10(9(3)8(7)2)14-11(12)13-4/h5-6,12H,1-4H3. The molecular formula is C10H15BO3. The van der Waals surface area contributed by atoms with Crippen LogP contribution < -0.4 is 4.65 Å². The second-order valence-corrected chi connectivity index (χ2v) is 3.29. The lowest BCUT2D eigenvalue weighted by Crippen LogP contribution is -2.24. The Kier molecular flexibility index (Phi) is 3.55. The summed E-state index contributed by atoms with van der Waals surface area (Å²) in [7, 11) is 0.192. The van der Waals surface area contributed by atoms with Crippen molar-refractivity contribution >= 4 is 7.32 Å². The van der Waals surface area contributed by atoms with Crippen LogP contribution in [0.15, 0.2) is 12.1 Å². The summed E-state index contributed by atoms with van der Waals surface area (Å²) in [5.41, 5.74) is 3.41. The van der Waals surface area contributed by atoms with Crippen molar-refractivity contribution in [2.24, 2.45) is 0 Å². The van der Waals surface area contributed by atoms with Gasteiger partial charge in [0.15, 0.2) is 0 Å². The van der Waals surface area contributed by atoms with Gasteiger partial charge in [-0.3, -0.25) is 0 Å². The molecule has 0 radical (unpaired) electrons. The Morgan fingerprint density at radius 2 is 1.79 bits per heavy atom. The minimum Gasteiger partial charge on any atom is -0.512 e. The number of hydrogen-bond acceptors (Lipinski definition) is 3. The molecule has 0 aliphatic rings. The van der Waals surface area contributed by atoms with Crippen LogP contribution in [0.3, 0.4) is 0 Å². The average molecular weight is 194 g/mol. The molecule has 1 aromatic carbocycles. The van der Waals surface area contributed by atoms with E-state index < -0.39 is 7.32 Å². The van der Waals surface area contributed by atoms with Crippen molar-refractivity contribution in [2.75, 3.05) is 7.11 Å². The van der Waals surface area contributed by atoms with E-state index in [1.807, 2.05) is 32.9 Å². The molecule has 1 rings (SSSR count). The first-order valence-corrected chi connectivity index (χ1v) is 4.50. The van der Waals surface area contributed by atoms with Crippen LogP contribution in [0.1, 0.15) is 16.7 Å². The van der Waals surface area contributed by atoms with E-state index in [4.69, 9.17) is 9.68 Å². The summed E-state index contributed by atoms with van der Waals surface area (Å²) in [6.07, 6.45) is 0. The molecule has 0 atom stereocenters. The molecule has 0 amide bonds. The zero-order chi connectivity index (χ0) is 10.7. The molecule has 0 aliphatic heterocycles. The van der Waals surface area contributed by atoms with Crippen LogP contribution in [0, 0.1) is 20.8 Å². The number of rotatable bonds is 3. The first kappa shape index (κ1) is 11.1. The van der Waals surface area contributed by atoms with Gasteiger partial charge in [-0.1, -0.05) is 6.07 Å². The lowest BCUT2D eigenvalue weighted by molar-refractivity contribution is 0.238. The minimum atomic E-state index is -1.20. The third-order valence-electron chi connectivity index (χ3n) is 2.44. The Morgan fingerprint density at radius 3 is 2.36 bits per heavy atom. The van der Waals surface area contributed by atoms with Crippen LogP contribution in [0.5, 0.6) is 5.75 Å². The Labute approximate surface area is 84.8 Å². The Hall–Kier alpha value is -0.995. The maximum absolute atomic E-state index is 9.15. The summed E-state index contributed by atoms with van der Waals surface area (Å²) < 4.78 is 9.78. The van der Waals surface area contributed by atoms with Crippen molar-refractivity contribution < 1.29 is 14.3 Å². The van der Waals surface area contributed by atoms with E-state index in [1.54, 1.807) is 0 Å².